The molecule has 44 heavy (non-hydrogen) atoms. The number of hydrogen-bond acceptors (Lipinski definition) is 3. The Bertz CT molecular complexity index is 1680. The van der Waals surface area contributed by atoms with Gasteiger partial charge in [0.25, 0.3) is 0 Å². The zero-order valence-electron chi connectivity index (χ0n) is 25.3. The maximum Gasteiger partial charge on any atom is 0.118 e. The fourth-order valence-electron chi connectivity index (χ4n) is 6.89. The van der Waals surface area contributed by atoms with Crippen molar-refractivity contribution in [3.63, 3.8) is 0 Å². The van der Waals surface area contributed by atoms with Crippen molar-refractivity contribution in [1.82, 2.24) is 0 Å². The largest absolute Gasteiger partial charge is 0.497 e. The molecule has 0 saturated carbocycles. The molecule has 0 radical (unpaired) electrons. The van der Waals surface area contributed by atoms with Crippen LogP contribution in [0.15, 0.2) is 164 Å². The summed E-state index contributed by atoms with van der Waals surface area (Å²) < 4.78 is 17.0. The quantitative estimate of drug-likeness (QED) is 0.152. The Labute approximate surface area is 260 Å². The molecule has 3 nitrogen and oxygen atoms in total. The minimum absolute atomic E-state index is 0.758. The van der Waals surface area contributed by atoms with Gasteiger partial charge in [-0.15, -0.1) is 0 Å². The molecule has 0 aromatic heterocycles. The van der Waals surface area contributed by atoms with Crippen LogP contribution in [-0.4, -0.2) is 21.3 Å². The Morgan fingerprint density at radius 3 is 0.682 bits per heavy atom. The minimum atomic E-state index is -0.774. The average molecular weight is 577 g/mol. The van der Waals surface area contributed by atoms with Crippen LogP contribution in [0, 0.1) is 0 Å². The second-order valence-electron chi connectivity index (χ2n) is 10.8. The van der Waals surface area contributed by atoms with Crippen molar-refractivity contribution in [2.24, 2.45) is 0 Å². The molecule has 0 saturated heterocycles. The van der Waals surface area contributed by atoms with E-state index in [1.165, 1.54) is 0 Å². The smallest absolute Gasteiger partial charge is 0.118 e. The van der Waals surface area contributed by atoms with Crippen molar-refractivity contribution in [3.8, 4) is 17.2 Å². The molecule has 3 heteroatoms. The predicted octanol–water partition coefficient (Wildman–Crippen LogP) is 9.08. The Morgan fingerprint density at radius 2 is 0.477 bits per heavy atom. The van der Waals surface area contributed by atoms with Crippen LogP contribution in [0.1, 0.15) is 33.4 Å². The summed E-state index contributed by atoms with van der Waals surface area (Å²) in [4.78, 5) is 0. The van der Waals surface area contributed by atoms with Gasteiger partial charge in [-0.05, 0) is 69.8 Å². The number of benzene rings is 6. The Balaban J connectivity index is 1.90. The molecule has 0 aliphatic heterocycles. The molecule has 0 atom stereocenters. The lowest BCUT2D eigenvalue weighted by Crippen LogP contribution is -2.52. The summed E-state index contributed by atoms with van der Waals surface area (Å²) in [6, 6.07) is 58.2. The molecule has 218 valence electrons. The van der Waals surface area contributed by atoms with Gasteiger partial charge in [-0.1, -0.05) is 127 Å². The van der Waals surface area contributed by atoms with Crippen molar-refractivity contribution >= 4 is 0 Å². The summed E-state index contributed by atoms with van der Waals surface area (Å²) in [5.74, 6) is 2.42. The average Bonchev–Trinajstić information content (AvgIpc) is 3.12. The van der Waals surface area contributed by atoms with Crippen molar-refractivity contribution in [2.45, 2.75) is 10.8 Å². The van der Waals surface area contributed by atoms with Crippen LogP contribution in [0.25, 0.3) is 0 Å². The molecule has 0 N–H and O–H groups in total. The molecule has 0 fully saturated rings. The lowest BCUT2D eigenvalue weighted by Gasteiger charge is -2.53. The van der Waals surface area contributed by atoms with Gasteiger partial charge >= 0.3 is 0 Å². The number of rotatable bonds is 10. The van der Waals surface area contributed by atoms with Crippen LogP contribution < -0.4 is 14.2 Å². The van der Waals surface area contributed by atoms with Crippen LogP contribution in [-0.2, 0) is 10.8 Å². The van der Waals surface area contributed by atoms with Crippen LogP contribution >= 0.6 is 0 Å². The molecule has 0 aliphatic rings. The van der Waals surface area contributed by atoms with E-state index in [-0.39, 0.29) is 0 Å². The Morgan fingerprint density at radius 1 is 0.273 bits per heavy atom. The van der Waals surface area contributed by atoms with Crippen molar-refractivity contribution < 1.29 is 14.2 Å². The van der Waals surface area contributed by atoms with E-state index in [0.717, 1.165) is 50.6 Å². The van der Waals surface area contributed by atoms with E-state index in [0.29, 0.717) is 0 Å². The van der Waals surface area contributed by atoms with Gasteiger partial charge in [0.15, 0.2) is 0 Å². The standard InChI is InChI=1S/C41H36O3/c1-42-37-25-19-34(20-26-37)40(31-13-7-4-8-14-31,32-15-9-5-10-16-32)41(33-17-11-6-12-18-33,35-21-27-38(43-2)28-22-35)36-23-29-39(44-3)30-24-36/h4-30H,1-3H3. The van der Waals surface area contributed by atoms with E-state index in [9.17, 15) is 0 Å². The molecule has 0 bridgehead atoms. The highest BCUT2D eigenvalue weighted by Crippen LogP contribution is 2.60. The summed E-state index contributed by atoms with van der Waals surface area (Å²) in [5.41, 5.74) is 5.32. The maximum atomic E-state index is 5.66. The summed E-state index contributed by atoms with van der Waals surface area (Å²) >= 11 is 0. The topological polar surface area (TPSA) is 27.7 Å². The number of hydrogen-bond donors (Lipinski definition) is 0. The summed E-state index contributed by atoms with van der Waals surface area (Å²) in [6.45, 7) is 0. The first-order valence-corrected chi connectivity index (χ1v) is 14.8. The van der Waals surface area contributed by atoms with Crippen LogP contribution in [0.2, 0.25) is 0 Å². The lowest BCUT2D eigenvalue weighted by molar-refractivity contribution is 0.402. The fraction of sp³-hybridized carbons (Fsp3) is 0.122. The zero-order valence-corrected chi connectivity index (χ0v) is 25.3. The predicted molar refractivity (Wildman–Crippen MR) is 178 cm³/mol. The third-order valence-corrected chi connectivity index (χ3v) is 8.75. The SMILES string of the molecule is COc1ccc(C(c2ccccc2)(c2ccccc2)C(c2ccccc2)(c2ccc(OC)cc2)c2ccc(OC)cc2)cc1. The second-order valence-corrected chi connectivity index (χ2v) is 10.8. The summed E-state index contributed by atoms with van der Waals surface area (Å²) in [7, 11) is 5.12. The van der Waals surface area contributed by atoms with Gasteiger partial charge in [0, 0.05) is 0 Å². The van der Waals surface area contributed by atoms with E-state index in [2.05, 4.69) is 164 Å². The molecule has 6 rings (SSSR count). The fourth-order valence-corrected chi connectivity index (χ4v) is 6.89. The van der Waals surface area contributed by atoms with Gasteiger partial charge < -0.3 is 14.2 Å². The molecule has 0 amide bonds. The van der Waals surface area contributed by atoms with Crippen LogP contribution in [0.4, 0.5) is 0 Å². The maximum absolute atomic E-state index is 5.66. The van der Waals surface area contributed by atoms with E-state index in [1.54, 1.807) is 21.3 Å². The van der Waals surface area contributed by atoms with Crippen molar-refractivity contribution in [3.05, 3.63) is 197 Å². The van der Waals surface area contributed by atoms with Gasteiger partial charge in [-0.3, -0.25) is 0 Å². The molecule has 6 aromatic rings. The summed E-state index contributed by atoms with van der Waals surface area (Å²) in [5, 5.41) is 0. The van der Waals surface area contributed by atoms with Crippen molar-refractivity contribution in [2.75, 3.05) is 21.3 Å². The zero-order chi connectivity index (χ0) is 30.4. The number of methoxy groups -OCH3 is 3. The number of ether oxygens (including phenoxy) is 3. The van der Waals surface area contributed by atoms with Gasteiger partial charge in [0.05, 0.1) is 32.2 Å². The summed E-state index contributed by atoms with van der Waals surface area (Å²) in [6.07, 6.45) is 0. The van der Waals surface area contributed by atoms with Crippen molar-refractivity contribution in [1.29, 1.82) is 0 Å². The first-order chi connectivity index (χ1) is 21.7. The van der Waals surface area contributed by atoms with Gasteiger partial charge in [0.2, 0.25) is 0 Å². The first kappa shape index (κ1) is 28.8. The van der Waals surface area contributed by atoms with Gasteiger partial charge in [-0.25, -0.2) is 0 Å². The normalized spacial score (nSPS) is 11.5. The van der Waals surface area contributed by atoms with Crippen LogP contribution in [0.3, 0.4) is 0 Å². The monoisotopic (exact) mass is 576 g/mol. The molecular weight excluding hydrogens is 540 g/mol. The van der Waals surface area contributed by atoms with E-state index in [4.69, 9.17) is 14.2 Å². The highest BCUT2D eigenvalue weighted by molar-refractivity contribution is 5.68. The highest BCUT2D eigenvalue weighted by Gasteiger charge is 2.57. The third-order valence-electron chi connectivity index (χ3n) is 8.75. The molecule has 0 aliphatic carbocycles. The van der Waals surface area contributed by atoms with E-state index in [1.807, 2.05) is 0 Å². The Kier molecular flexibility index (Phi) is 8.21. The third kappa shape index (κ3) is 4.71. The Hall–Kier alpha value is -5.28. The lowest BCUT2D eigenvalue weighted by atomic mass is 9.47. The highest BCUT2D eigenvalue weighted by atomic mass is 16.5. The second kappa shape index (κ2) is 12.5. The van der Waals surface area contributed by atoms with Crippen LogP contribution in [0.5, 0.6) is 17.2 Å². The molecule has 6 aromatic carbocycles. The molecule has 0 unspecified atom stereocenters. The van der Waals surface area contributed by atoms with E-state index >= 15 is 0 Å². The minimum Gasteiger partial charge on any atom is -0.497 e. The van der Waals surface area contributed by atoms with Gasteiger partial charge in [-0.2, -0.15) is 0 Å². The van der Waals surface area contributed by atoms with E-state index < -0.39 is 10.8 Å². The molecule has 0 heterocycles. The molecular formula is C41H36O3. The molecule has 0 spiro atoms. The van der Waals surface area contributed by atoms with Gasteiger partial charge in [0.1, 0.15) is 17.2 Å². The first-order valence-electron chi connectivity index (χ1n) is 14.8.